The molecule has 1 aromatic rings. The number of aromatic nitrogens is 2. The lowest BCUT2D eigenvalue weighted by molar-refractivity contribution is -0.129. The molecule has 3 rings (SSSR count). The van der Waals surface area contributed by atoms with Crippen LogP contribution in [0.2, 0.25) is 0 Å². The lowest BCUT2D eigenvalue weighted by Gasteiger charge is -2.33. The largest absolute Gasteiger partial charge is 0.340 e. The fraction of sp³-hybridized carbons (Fsp3) is 0.667. The number of anilines is 1. The van der Waals surface area contributed by atoms with Crippen LogP contribution < -0.4 is 4.90 Å². The number of hydrogen-bond acceptors (Lipinski definition) is 5. The molecule has 2 aliphatic rings. The van der Waals surface area contributed by atoms with E-state index < -0.39 is 0 Å². The van der Waals surface area contributed by atoms with E-state index in [4.69, 9.17) is 0 Å². The van der Waals surface area contributed by atoms with E-state index in [1.807, 2.05) is 4.90 Å². The van der Waals surface area contributed by atoms with Gasteiger partial charge in [0.2, 0.25) is 11.0 Å². The molecule has 0 aromatic carbocycles. The van der Waals surface area contributed by atoms with E-state index in [0.717, 1.165) is 28.6 Å². The van der Waals surface area contributed by atoms with Crippen LogP contribution in [-0.4, -0.2) is 46.2 Å². The van der Waals surface area contributed by atoms with Gasteiger partial charge < -0.3 is 9.80 Å². The monoisotopic (exact) mass is 302 g/mol. The van der Waals surface area contributed by atoms with Crippen molar-refractivity contribution < 1.29 is 4.79 Å². The van der Waals surface area contributed by atoms with Gasteiger partial charge in [0.15, 0.2) is 3.92 Å². The van der Waals surface area contributed by atoms with Crippen molar-refractivity contribution in [1.82, 2.24) is 15.1 Å². The average molecular weight is 303 g/mol. The summed E-state index contributed by atoms with van der Waals surface area (Å²) < 4.78 is 0.814. The number of halogens is 1. The van der Waals surface area contributed by atoms with Gasteiger partial charge in [-0.25, -0.2) is 0 Å². The zero-order valence-corrected chi connectivity index (χ0v) is 11.2. The molecule has 0 spiro atoms. The molecule has 1 saturated carbocycles. The van der Waals surface area contributed by atoms with Gasteiger partial charge in [-0.3, -0.25) is 4.79 Å². The number of piperazine rings is 1. The highest BCUT2D eigenvalue weighted by Crippen LogP contribution is 2.40. The van der Waals surface area contributed by atoms with Gasteiger partial charge in [0.05, 0.1) is 12.1 Å². The highest BCUT2D eigenvalue weighted by Gasteiger charge is 2.50. The summed E-state index contributed by atoms with van der Waals surface area (Å²) >= 11 is 4.87. The molecule has 0 bridgehead atoms. The molecule has 7 heteroatoms. The van der Waals surface area contributed by atoms with Crippen molar-refractivity contribution in [1.29, 1.82) is 0 Å². The summed E-state index contributed by atoms with van der Waals surface area (Å²) in [6.45, 7) is 3.31. The smallest absolute Gasteiger partial charge is 0.219 e. The van der Waals surface area contributed by atoms with Gasteiger partial charge in [0.1, 0.15) is 0 Å². The van der Waals surface area contributed by atoms with Crippen LogP contribution in [0, 0.1) is 0 Å². The number of carbonyl (C=O) groups is 1. The van der Waals surface area contributed by atoms with E-state index >= 15 is 0 Å². The molecule has 1 aliphatic carbocycles. The summed E-state index contributed by atoms with van der Waals surface area (Å²) in [4.78, 5) is 15.6. The van der Waals surface area contributed by atoms with Crippen molar-refractivity contribution in [3.05, 3.63) is 3.92 Å². The maximum absolute atomic E-state index is 11.4. The van der Waals surface area contributed by atoms with E-state index in [-0.39, 0.29) is 5.91 Å². The predicted octanol–water partition coefficient (Wildman–Crippen LogP) is 1.11. The Morgan fingerprint density at radius 1 is 1.44 bits per heavy atom. The fourth-order valence-corrected chi connectivity index (χ4v) is 3.50. The van der Waals surface area contributed by atoms with Crippen molar-refractivity contribution in [3.63, 3.8) is 0 Å². The topological polar surface area (TPSA) is 49.3 Å². The number of carbonyl (C=O) groups excluding carboxylic acids is 1. The zero-order chi connectivity index (χ0) is 11.3. The Kier molecular flexibility index (Phi) is 2.39. The van der Waals surface area contributed by atoms with Crippen LogP contribution in [0.25, 0.3) is 0 Å². The van der Waals surface area contributed by atoms with E-state index in [1.54, 1.807) is 18.3 Å². The summed E-state index contributed by atoms with van der Waals surface area (Å²) in [6, 6.07) is 0.853. The quantitative estimate of drug-likeness (QED) is 0.780. The standard InChI is InChI=1S/C9H11BrN4OS/c1-5(15)13-2-3-14(7-4-6(7)13)9-12-11-8(10)16-9/h6-7H,2-4H2,1H3. The summed E-state index contributed by atoms with van der Waals surface area (Å²) in [6.07, 6.45) is 1.07. The molecule has 16 heavy (non-hydrogen) atoms. The summed E-state index contributed by atoms with van der Waals surface area (Å²) in [7, 11) is 0. The van der Waals surface area contributed by atoms with Gasteiger partial charge in [-0.2, -0.15) is 0 Å². The molecule has 86 valence electrons. The molecule has 1 aromatic heterocycles. The van der Waals surface area contributed by atoms with Crippen LogP contribution in [0.4, 0.5) is 5.13 Å². The molecule has 1 saturated heterocycles. The van der Waals surface area contributed by atoms with Gasteiger partial charge in [-0.1, -0.05) is 11.3 Å². The van der Waals surface area contributed by atoms with Crippen LogP contribution in [0.3, 0.4) is 0 Å². The molecule has 2 fully saturated rings. The molecule has 2 unspecified atom stereocenters. The van der Waals surface area contributed by atoms with E-state index in [2.05, 4.69) is 31.0 Å². The summed E-state index contributed by atoms with van der Waals surface area (Å²) in [5.74, 6) is 0.186. The van der Waals surface area contributed by atoms with Crippen LogP contribution in [-0.2, 0) is 4.79 Å². The number of hydrogen-bond donors (Lipinski definition) is 0. The molecule has 2 heterocycles. The summed E-state index contributed by atoms with van der Waals surface area (Å²) in [5, 5.41) is 9.05. The Balaban J connectivity index is 1.76. The van der Waals surface area contributed by atoms with Crippen molar-refractivity contribution in [2.24, 2.45) is 0 Å². The van der Waals surface area contributed by atoms with Crippen LogP contribution in [0.15, 0.2) is 3.92 Å². The first-order valence-electron chi connectivity index (χ1n) is 5.19. The molecule has 2 atom stereocenters. The third-order valence-corrected chi connectivity index (χ3v) is 4.54. The normalized spacial score (nSPS) is 27.9. The first kappa shape index (κ1) is 10.5. The Morgan fingerprint density at radius 3 is 2.88 bits per heavy atom. The highest BCUT2D eigenvalue weighted by atomic mass is 79.9. The molecule has 0 radical (unpaired) electrons. The molecule has 1 amide bonds. The Morgan fingerprint density at radius 2 is 2.25 bits per heavy atom. The minimum atomic E-state index is 0.186. The van der Waals surface area contributed by atoms with Gasteiger partial charge in [0.25, 0.3) is 0 Å². The SMILES string of the molecule is CC(=O)N1CCN(c2nnc(Br)s2)C2CC21. The van der Waals surface area contributed by atoms with Crippen molar-refractivity contribution in [2.75, 3.05) is 18.0 Å². The van der Waals surface area contributed by atoms with Gasteiger partial charge in [-0.15, -0.1) is 10.2 Å². The maximum Gasteiger partial charge on any atom is 0.219 e. The summed E-state index contributed by atoms with van der Waals surface area (Å²) in [5.41, 5.74) is 0. The van der Waals surface area contributed by atoms with Gasteiger partial charge in [0, 0.05) is 20.0 Å². The Hall–Kier alpha value is -0.690. The zero-order valence-electron chi connectivity index (χ0n) is 8.76. The lowest BCUT2D eigenvalue weighted by atomic mass is 10.3. The average Bonchev–Trinajstić information content (AvgIpc) is 2.92. The molecule has 0 N–H and O–H groups in total. The van der Waals surface area contributed by atoms with E-state index in [1.165, 1.54) is 0 Å². The third kappa shape index (κ3) is 1.62. The second-order valence-corrected chi connectivity index (χ2v) is 6.35. The molecule has 1 aliphatic heterocycles. The van der Waals surface area contributed by atoms with Crippen molar-refractivity contribution in [3.8, 4) is 0 Å². The number of amides is 1. The third-order valence-electron chi connectivity index (χ3n) is 3.15. The minimum absolute atomic E-state index is 0.186. The molecular weight excluding hydrogens is 292 g/mol. The van der Waals surface area contributed by atoms with Crippen LogP contribution in [0.5, 0.6) is 0 Å². The van der Waals surface area contributed by atoms with E-state index in [9.17, 15) is 4.79 Å². The lowest BCUT2D eigenvalue weighted by Crippen LogP contribution is -2.48. The van der Waals surface area contributed by atoms with Crippen molar-refractivity contribution >= 4 is 38.3 Å². The predicted molar refractivity (Wildman–Crippen MR) is 64.5 cm³/mol. The van der Waals surface area contributed by atoms with Gasteiger partial charge in [-0.05, 0) is 22.4 Å². The highest BCUT2D eigenvalue weighted by molar-refractivity contribution is 9.11. The molecular formula is C9H11BrN4OS. The second kappa shape index (κ2) is 3.66. The van der Waals surface area contributed by atoms with Gasteiger partial charge >= 0.3 is 0 Å². The van der Waals surface area contributed by atoms with Crippen LogP contribution >= 0.6 is 27.3 Å². The first-order chi connectivity index (χ1) is 7.66. The minimum Gasteiger partial charge on any atom is -0.340 e. The Bertz CT molecular complexity index is 437. The second-order valence-electron chi connectivity index (χ2n) is 4.11. The first-order valence-corrected chi connectivity index (χ1v) is 6.80. The maximum atomic E-state index is 11.4. The Labute approximate surface area is 106 Å². The molecule has 5 nitrogen and oxygen atoms in total. The fourth-order valence-electron chi connectivity index (χ4n) is 2.33. The number of nitrogens with zero attached hydrogens (tertiary/aromatic N) is 4. The van der Waals surface area contributed by atoms with Crippen LogP contribution in [0.1, 0.15) is 13.3 Å². The number of fused-ring (bicyclic) bond motifs is 1. The number of rotatable bonds is 1. The van der Waals surface area contributed by atoms with Crippen molar-refractivity contribution in [2.45, 2.75) is 25.4 Å². The van der Waals surface area contributed by atoms with E-state index in [0.29, 0.717) is 12.1 Å².